The van der Waals surface area contributed by atoms with E-state index in [1.807, 2.05) is 6.07 Å². The average molecular weight is 300 g/mol. The lowest BCUT2D eigenvalue weighted by atomic mass is 10.1. The van der Waals surface area contributed by atoms with Crippen molar-refractivity contribution in [3.05, 3.63) is 22.7 Å². The second-order valence-corrected chi connectivity index (χ2v) is 5.58. The minimum Gasteiger partial charge on any atom is -0.493 e. The molecule has 2 rings (SSSR count). The van der Waals surface area contributed by atoms with E-state index in [1.165, 1.54) is 0 Å². The smallest absolute Gasteiger partial charge is 0.180 e. The average Bonchev–Trinajstić information content (AvgIpc) is 2.65. The molecule has 0 spiro atoms. The van der Waals surface area contributed by atoms with Crippen molar-refractivity contribution >= 4 is 11.6 Å². The van der Waals surface area contributed by atoms with Crippen LogP contribution in [0.3, 0.4) is 0 Å². The first-order chi connectivity index (χ1) is 9.65. The number of rotatable bonds is 4. The SMILES string of the molecule is COc1cc(CN)cc(Cl)c1OC1CCCCCC1O. The summed E-state index contributed by atoms with van der Waals surface area (Å²) in [5.41, 5.74) is 6.51. The predicted molar refractivity (Wildman–Crippen MR) is 79.4 cm³/mol. The van der Waals surface area contributed by atoms with E-state index in [-0.39, 0.29) is 6.10 Å². The number of aliphatic hydroxyl groups excluding tert-OH is 1. The third kappa shape index (κ3) is 3.57. The Bertz CT molecular complexity index is 453. The molecule has 2 unspecified atom stereocenters. The molecule has 4 nitrogen and oxygen atoms in total. The Morgan fingerprint density at radius 3 is 2.75 bits per heavy atom. The molecule has 2 atom stereocenters. The molecule has 0 amide bonds. The number of hydrogen-bond donors (Lipinski definition) is 2. The van der Waals surface area contributed by atoms with Gasteiger partial charge in [-0.1, -0.05) is 24.4 Å². The molecule has 0 aromatic heterocycles. The number of aliphatic hydroxyl groups is 1. The van der Waals surface area contributed by atoms with Crippen LogP contribution in [-0.2, 0) is 6.54 Å². The van der Waals surface area contributed by atoms with Gasteiger partial charge in [0.2, 0.25) is 0 Å². The molecular formula is C15H22ClNO3. The van der Waals surface area contributed by atoms with Gasteiger partial charge in [-0.3, -0.25) is 0 Å². The number of nitrogens with two attached hydrogens (primary N) is 1. The summed E-state index contributed by atoms with van der Waals surface area (Å²) in [6.07, 6.45) is 4.15. The first-order valence-electron chi connectivity index (χ1n) is 7.07. The van der Waals surface area contributed by atoms with Gasteiger partial charge in [-0.15, -0.1) is 0 Å². The van der Waals surface area contributed by atoms with E-state index in [4.69, 9.17) is 26.8 Å². The lowest BCUT2D eigenvalue weighted by Crippen LogP contribution is -2.30. The van der Waals surface area contributed by atoms with Gasteiger partial charge in [0.05, 0.1) is 18.2 Å². The fourth-order valence-electron chi connectivity index (χ4n) is 2.55. The Hall–Kier alpha value is -0.970. The van der Waals surface area contributed by atoms with E-state index in [0.29, 0.717) is 23.1 Å². The molecule has 3 N–H and O–H groups in total. The van der Waals surface area contributed by atoms with E-state index < -0.39 is 6.10 Å². The minimum atomic E-state index is -0.451. The Morgan fingerprint density at radius 1 is 1.30 bits per heavy atom. The second-order valence-electron chi connectivity index (χ2n) is 5.17. The lowest BCUT2D eigenvalue weighted by Gasteiger charge is -2.24. The summed E-state index contributed by atoms with van der Waals surface area (Å²) in [5, 5.41) is 10.6. The van der Waals surface area contributed by atoms with Crippen molar-refractivity contribution in [2.24, 2.45) is 5.73 Å². The number of ether oxygens (including phenoxy) is 2. The van der Waals surface area contributed by atoms with Crippen LogP contribution in [0.5, 0.6) is 11.5 Å². The molecule has 0 radical (unpaired) electrons. The highest BCUT2D eigenvalue weighted by Crippen LogP contribution is 2.38. The zero-order valence-corrected chi connectivity index (χ0v) is 12.5. The van der Waals surface area contributed by atoms with E-state index in [0.717, 1.165) is 37.7 Å². The monoisotopic (exact) mass is 299 g/mol. The van der Waals surface area contributed by atoms with Crippen molar-refractivity contribution in [3.8, 4) is 11.5 Å². The van der Waals surface area contributed by atoms with Crippen molar-refractivity contribution < 1.29 is 14.6 Å². The molecule has 0 bridgehead atoms. The standard InChI is InChI=1S/C15H22ClNO3/c1-19-14-8-10(9-17)7-11(16)15(14)20-13-6-4-2-3-5-12(13)18/h7-8,12-13,18H,2-6,9,17H2,1H3. The van der Waals surface area contributed by atoms with Gasteiger partial charge in [-0.2, -0.15) is 0 Å². The lowest BCUT2D eigenvalue weighted by molar-refractivity contribution is 0.0306. The molecule has 1 aliphatic rings. The van der Waals surface area contributed by atoms with Crippen LogP contribution < -0.4 is 15.2 Å². The maximum absolute atomic E-state index is 10.1. The molecular weight excluding hydrogens is 278 g/mol. The highest BCUT2D eigenvalue weighted by atomic mass is 35.5. The minimum absolute atomic E-state index is 0.229. The Morgan fingerprint density at radius 2 is 2.05 bits per heavy atom. The molecule has 0 saturated heterocycles. The number of benzene rings is 1. The van der Waals surface area contributed by atoms with Gasteiger partial charge in [0.15, 0.2) is 11.5 Å². The molecule has 1 aliphatic carbocycles. The molecule has 1 aromatic carbocycles. The van der Waals surface area contributed by atoms with Crippen molar-refractivity contribution in [3.63, 3.8) is 0 Å². The summed E-state index contributed by atoms with van der Waals surface area (Å²) in [7, 11) is 1.57. The summed E-state index contributed by atoms with van der Waals surface area (Å²) < 4.78 is 11.3. The second kappa shape index (κ2) is 7.16. The van der Waals surface area contributed by atoms with Crippen LogP contribution >= 0.6 is 11.6 Å². The summed E-state index contributed by atoms with van der Waals surface area (Å²) in [6.45, 7) is 0.391. The Labute approximate surface area is 124 Å². The van der Waals surface area contributed by atoms with Gasteiger partial charge in [-0.25, -0.2) is 0 Å². The van der Waals surface area contributed by atoms with Gasteiger partial charge in [-0.05, 0) is 37.0 Å². The third-order valence-electron chi connectivity index (χ3n) is 3.71. The van der Waals surface area contributed by atoms with E-state index in [9.17, 15) is 5.11 Å². The number of hydrogen-bond acceptors (Lipinski definition) is 4. The largest absolute Gasteiger partial charge is 0.493 e. The highest BCUT2D eigenvalue weighted by molar-refractivity contribution is 6.32. The number of methoxy groups -OCH3 is 1. The van der Waals surface area contributed by atoms with Crippen LogP contribution in [-0.4, -0.2) is 24.4 Å². The van der Waals surface area contributed by atoms with Gasteiger partial charge < -0.3 is 20.3 Å². The van der Waals surface area contributed by atoms with Crippen molar-refractivity contribution in [1.82, 2.24) is 0 Å². The topological polar surface area (TPSA) is 64.7 Å². The first-order valence-corrected chi connectivity index (χ1v) is 7.44. The first kappa shape index (κ1) is 15.4. The third-order valence-corrected chi connectivity index (χ3v) is 3.99. The molecule has 5 heteroatoms. The quantitative estimate of drug-likeness (QED) is 0.839. The molecule has 1 fully saturated rings. The Balaban J connectivity index is 2.23. The van der Waals surface area contributed by atoms with Crippen LogP contribution in [0.25, 0.3) is 0 Å². The van der Waals surface area contributed by atoms with Gasteiger partial charge in [0.25, 0.3) is 0 Å². The zero-order chi connectivity index (χ0) is 14.5. The summed E-state index contributed by atoms with van der Waals surface area (Å²) in [4.78, 5) is 0. The summed E-state index contributed by atoms with van der Waals surface area (Å²) in [5.74, 6) is 1.06. The van der Waals surface area contributed by atoms with Gasteiger partial charge in [0.1, 0.15) is 6.10 Å². The fourth-order valence-corrected chi connectivity index (χ4v) is 2.83. The fraction of sp³-hybridized carbons (Fsp3) is 0.600. The van der Waals surface area contributed by atoms with Gasteiger partial charge in [0, 0.05) is 6.54 Å². The van der Waals surface area contributed by atoms with Crippen LogP contribution in [0.2, 0.25) is 5.02 Å². The Kier molecular flexibility index (Phi) is 5.52. The highest BCUT2D eigenvalue weighted by Gasteiger charge is 2.25. The van der Waals surface area contributed by atoms with Crippen LogP contribution in [0.1, 0.15) is 37.7 Å². The van der Waals surface area contributed by atoms with Crippen LogP contribution in [0.4, 0.5) is 0 Å². The van der Waals surface area contributed by atoms with E-state index in [1.54, 1.807) is 13.2 Å². The molecule has 1 aromatic rings. The maximum atomic E-state index is 10.1. The summed E-state index contributed by atoms with van der Waals surface area (Å²) >= 11 is 6.26. The summed E-state index contributed by atoms with van der Waals surface area (Å²) in [6, 6.07) is 3.60. The normalized spacial score (nSPS) is 23.2. The molecule has 0 heterocycles. The van der Waals surface area contributed by atoms with E-state index >= 15 is 0 Å². The molecule has 1 saturated carbocycles. The van der Waals surface area contributed by atoms with Crippen LogP contribution in [0, 0.1) is 0 Å². The van der Waals surface area contributed by atoms with E-state index in [2.05, 4.69) is 0 Å². The predicted octanol–water partition coefficient (Wildman–Crippen LogP) is 2.88. The van der Waals surface area contributed by atoms with Crippen molar-refractivity contribution in [2.45, 2.75) is 50.9 Å². The van der Waals surface area contributed by atoms with Gasteiger partial charge >= 0.3 is 0 Å². The number of halogens is 1. The zero-order valence-electron chi connectivity index (χ0n) is 11.8. The van der Waals surface area contributed by atoms with Crippen molar-refractivity contribution in [1.29, 1.82) is 0 Å². The molecule has 0 aliphatic heterocycles. The molecule has 112 valence electrons. The molecule has 20 heavy (non-hydrogen) atoms. The van der Waals surface area contributed by atoms with Crippen LogP contribution in [0.15, 0.2) is 12.1 Å². The van der Waals surface area contributed by atoms with Crippen molar-refractivity contribution in [2.75, 3.05) is 7.11 Å². The maximum Gasteiger partial charge on any atom is 0.180 e.